The van der Waals surface area contributed by atoms with Gasteiger partial charge in [0.2, 0.25) is 0 Å². The summed E-state index contributed by atoms with van der Waals surface area (Å²) in [6, 6.07) is 19.0. The first-order chi connectivity index (χ1) is 15.0. The van der Waals surface area contributed by atoms with Crippen molar-refractivity contribution in [2.24, 2.45) is 0 Å². The topological polar surface area (TPSA) is 66.9 Å². The highest BCUT2D eigenvalue weighted by Crippen LogP contribution is 2.27. The van der Waals surface area contributed by atoms with Crippen LogP contribution in [-0.2, 0) is 0 Å². The van der Waals surface area contributed by atoms with E-state index in [9.17, 15) is 9.18 Å². The third-order valence-corrected chi connectivity index (χ3v) is 4.99. The molecule has 156 valence electrons. The van der Waals surface area contributed by atoms with E-state index in [0.29, 0.717) is 29.8 Å². The minimum absolute atomic E-state index is 0.281. The highest BCUT2D eigenvalue weighted by Gasteiger charge is 2.11. The van der Waals surface area contributed by atoms with Crippen molar-refractivity contribution >= 4 is 34.2 Å². The van der Waals surface area contributed by atoms with Gasteiger partial charge in [-0.2, -0.15) is 0 Å². The number of carbonyl (C=O) groups excluding carboxylic acids is 1. The molecule has 0 aliphatic heterocycles. The van der Waals surface area contributed by atoms with E-state index in [1.807, 2.05) is 37.3 Å². The Morgan fingerprint density at radius 1 is 1.00 bits per heavy atom. The minimum atomic E-state index is -0.444. The van der Waals surface area contributed by atoms with E-state index < -0.39 is 5.82 Å². The van der Waals surface area contributed by atoms with Crippen LogP contribution in [-0.4, -0.2) is 29.0 Å². The fourth-order valence-corrected chi connectivity index (χ4v) is 3.32. The molecule has 4 rings (SSSR count). The number of fused-ring (bicyclic) bond motifs is 1. The number of anilines is 1. The summed E-state index contributed by atoms with van der Waals surface area (Å²) in [6.45, 7) is 2.80. The van der Waals surface area contributed by atoms with Gasteiger partial charge < -0.3 is 10.6 Å². The van der Waals surface area contributed by atoms with Crippen LogP contribution in [0.25, 0.3) is 22.3 Å². The monoisotopic (exact) mass is 434 g/mol. The van der Waals surface area contributed by atoms with Crippen LogP contribution in [0, 0.1) is 12.7 Å². The molecule has 1 amide bonds. The van der Waals surface area contributed by atoms with E-state index in [1.54, 1.807) is 18.2 Å². The van der Waals surface area contributed by atoms with E-state index in [2.05, 4.69) is 20.6 Å². The quantitative estimate of drug-likeness (QED) is 0.407. The van der Waals surface area contributed by atoms with Crippen molar-refractivity contribution in [2.75, 3.05) is 18.4 Å². The maximum atomic E-state index is 13.3. The minimum Gasteiger partial charge on any atom is -0.368 e. The van der Waals surface area contributed by atoms with Crippen LogP contribution in [0.4, 0.5) is 10.2 Å². The van der Waals surface area contributed by atoms with Crippen molar-refractivity contribution in [2.45, 2.75) is 6.92 Å². The molecule has 0 fully saturated rings. The van der Waals surface area contributed by atoms with E-state index in [-0.39, 0.29) is 11.5 Å². The summed E-state index contributed by atoms with van der Waals surface area (Å²) >= 11 is 6.17. The Labute approximate surface area is 184 Å². The van der Waals surface area contributed by atoms with Gasteiger partial charge in [0.05, 0.1) is 5.52 Å². The average molecular weight is 435 g/mol. The number of nitrogens with zero attached hydrogens (tertiary/aromatic N) is 2. The van der Waals surface area contributed by atoms with Crippen molar-refractivity contribution in [3.8, 4) is 11.4 Å². The first-order valence-corrected chi connectivity index (χ1v) is 10.2. The lowest BCUT2D eigenvalue weighted by Crippen LogP contribution is -2.29. The highest BCUT2D eigenvalue weighted by atomic mass is 35.5. The Kier molecular flexibility index (Phi) is 6.09. The molecule has 0 bridgehead atoms. The third-order valence-electron chi connectivity index (χ3n) is 4.76. The Balaban J connectivity index is 1.52. The molecule has 0 aliphatic carbocycles. The zero-order valence-corrected chi connectivity index (χ0v) is 17.6. The van der Waals surface area contributed by atoms with Gasteiger partial charge in [-0.1, -0.05) is 47.5 Å². The van der Waals surface area contributed by atoms with Gasteiger partial charge >= 0.3 is 0 Å². The van der Waals surface area contributed by atoms with Crippen molar-refractivity contribution in [1.82, 2.24) is 15.3 Å². The normalized spacial score (nSPS) is 10.8. The Hall–Kier alpha value is -3.51. The second kappa shape index (κ2) is 9.10. The third kappa shape index (κ3) is 4.98. The van der Waals surface area contributed by atoms with Crippen LogP contribution in [0.3, 0.4) is 0 Å². The smallest absolute Gasteiger partial charge is 0.251 e. The van der Waals surface area contributed by atoms with Crippen molar-refractivity contribution in [3.05, 3.63) is 88.7 Å². The maximum Gasteiger partial charge on any atom is 0.251 e. The first kappa shape index (κ1) is 20.8. The van der Waals surface area contributed by atoms with Crippen LogP contribution in [0.1, 0.15) is 15.9 Å². The summed E-state index contributed by atoms with van der Waals surface area (Å²) in [4.78, 5) is 21.5. The highest BCUT2D eigenvalue weighted by molar-refractivity contribution is 6.31. The second-order valence-electron chi connectivity index (χ2n) is 7.12. The molecular weight excluding hydrogens is 415 g/mol. The Morgan fingerprint density at radius 2 is 1.81 bits per heavy atom. The lowest BCUT2D eigenvalue weighted by atomic mass is 10.1. The fraction of sp³-hybridized carbons (Fsp3) is 0.125. The molecule has 1 aromatic heterocycles. The van der Waals surface area contributed by atoms with Crippen LogP contribution in [0.5, 0.6) is 0 Å². The lowest BCUT2D eigenvalue weighted by molar-refractivity contribution is 0.0954. The summed E-state index contributed by atoms with van der Waals surface area (Å²) in [5.74, 6) is 0.458. The zero-order chi connectivity index (χ0) is 21.8. The van der Waals surface area contributed by atoms with E-state index in [0.717, 1.165) is 22.0 Å². The molecule has 7 heteroatoms. The number of hydrogen-bond donors (Lipinski definition) is 2. The van der Waals surface area contributed by atoms with E-state index in [4.69, 9.17) is 11.6 Å². The molecule has 0 aliphatic rings. The molecule has 2 N–H and O–H groups in total. The fourth-order valence-electron chi connectivity index (χ4n) is 3.16. The number of amides is 1. The molecule has 31 heavy (non-hydrogen) atoms. The Bertz CT molecular complexity index is 1240. The first-order valence-electron chi connectivity index (χ1n) is 9.81. The number of nitrogens with one attached hydrogen (secondary N) is 2. The molecule has 0 spiro atoms. The van der Waals surface area contributed by atoms with Gasteiger partial charge in [-0.05, 0) is 43.3 Å². The number of carbonyl (C=O) groups is 1. The van der Waals surface area contributed by atoms with E-state index >= 15 is 0 Å². The van der Waals surface area contributed by atoms with Gasteiger partial charge in [0.1, 0.15) is 11.6 Å². The standard InChI is InChI=1S/C24H20ClFN4O/c1-15-5-7-16(8-6-15)22-29-21-14-18(25)9-10-20(21)23(30-22)27-11-12-28-24(31)17-3-2-4-19(26)13-17/h2-10,13-14H,11-12H2,1H3,(H,28,31)(H,27,29,30). The van der Waals surface area contributed by atoms with Gasteiger partial charge in [-0.15, -0.1) is 0 Å². The molecule has 1 heterocycles. The predicted octanol–water partition coefficient (Wildman–Crippen LogP) is 5.24. The number of halogens is 2. The van der Waals surface area contributed by atoms with Crippen LogP contribution >= 0.6 is 11.6 Å². The molecule has 4 aromatic rings. The summed E-state index contributed by atoms with van der Waals surface area (Å²) in [6.07, 6.45) is 0. The summed E-state index contributed by atoms with van der Waals surface area (Å²) in [5.41, 5.74) is 3.06. The Morgan fingerprint density at radius 3 is 2.58 bits per heavy atom. The molecule has 0 saturated heterocycles. The van der Waals surface area contributed by atoms with Crippen molar-refractivity contribution in [1.29, 1.82) is 0 Å². The van der Waals surface area contributed by atoms with Crippen molar-refractivity contribution in [3.63, 3.8) is 0 Å². The lowest BCUT2D eigenvalue weighted by Gasteiger charge is -2.12. The van der Waals surface area contributed by atoms with E-state index in [1.165, 1.54) is 18.2 Å². The predicted molar refractivity (Wildman–Crippen MR) is 122 cm³/mol. The van der Waals surface area contributed by atoms with Gasteiger partial charge in [0, 0.05) is 34.6 Å². The molecule has 0 atom stereocenters. The molecular formula is C24H20ClFN4O. The largest absolute Gasteiger partial charge is 0.368 e. The van der Waals surface area contributed by atoms with Crippen LogP contribution in [0.2, 0.25) is 5.02 Å². The molecule has 5 nitrogen and oxygen atoms in total. The molecule has 3 aromatic carbocycles. The molecule has 0 saturated carbocycles. The number of aromatic nitrogens is 2. The maximum absolute atomic E-state index is 13.3. The van der Waals surface area contributed by atoms with Crippen LogP contribution < -0.4 is 10.6 Å². The summed E-state index contributed by atoms with van der Waals surface area (Å²) in [5, 5.41) is 7.46. The summed E-state index contributed by atoms with van der Waals surface area (Å²) < 4.78 is 13.3. The van der Waals surface area contributed by atoms with Crippen molar-refractivity contribution < 1.29 is 9.18 Å². The van der Waals surface area contributed by atoms with Gasteiger partial charge in [0.25, 0.3) is 5.91 Å². The zero-order valence-electron chi connectivity index (χ0n) is 16.8. The number of hydrogen-bond acceptors (Lipinski definition) is 4. The number of benzene rings is 3. The molecule has 0 unspecified atom stereocenters. The van der Waals surface area contributed by atoms with Gasteiger partial charge in [-0.3, -0.25) is 4.79 Å². The SMILES string of the molecule is Cc1ccc(-c2nc(NCCNC(=O)c3cccc(F)c3)c3ccc(Cl)cc3n2)cc1. The van der Waals surface area contributed by atoms with Crippen LogP contribution in [0.15, 0.2) is 66.7 Å². The number of aryl methyl sites for hydroxylation is 1. The van der Waals surface area contributed by atoms with Gasteiger partial charge in [-0.25, -0.2) is 14.4 Å². The second-order valence-corrected chi connectivity index (χ2v) is 7.55. The number of rotatable bonds is 6. The average Bonchev–Trinajstić information content (AvgIpc) is 2.76. The summed E-state index contributed by atoms with van der Waals surface area (Å²) in [7, 11) is 0. The molecule has 0 radical (unpaired) electrons. The van der Waals surface area contributed by atoms with Gasteiger partial charge in [0.15, 0.2) is 5.82 Å².